The third kappa shape index (κ3) is 4.51. The first-order chi connectivity index (χ1) is 16.0. The highest BCUT2D eigenvalue weighted by molar-refractivity contribution is 6.05. The summed E-state index contributed by atoms with van der Waals surface area (Å²) in [7, 11) is 0. The van der Waals surface area contributed by atoms with E-state index in [1.54, 1.807) is 4.90 Å². The predicted molar refractivity (Wildman–Crippen MR) is 121 cm³/mol. The first-order valence-corrected chi connectivity index (χ1v) is 12.3. The largest absolute Gasteiger partial charge is 0.489 e. The lowest BCUT2D eigenvalue weighted by atomic mass is 10.0. The topological polar surface area (TPSA) is 88.2 Å². The summed E-state index contributed by atoms with van der Waals surface area (Å²) in [4.78, 5) is 40.8. The van der Waals surface area contributed by atoms with Crippen molar-refractivity contribution in [2.24, 2.45) is 0 Å². The van der Waals surface area contributed by atoms with Crippen molar-refractivity contribution in [1.82, 2.24) is 15.1 Å². The number of nitrogens with one attached hydrogen (secondary N) is 1. The van der Waals surface area contributed by atoms with Crippen LogP contribution in [-0.2, 0) is 20.9 Å². The predicted octanol–water partition coefficient (Wildman–Crippen LogP) is 2.25. The number of carbonyl (C=O) groups is 3. The second-order valence-corrected chi connectivity index (χ2v) is 9.56. The average molecular weight is 456 g/mol. The van der Waals surface area contributed by atoms with E-state index in [4.69, 9.17) is 9.47 Å². The molecule has 3 atom stereocenters. The number of hydrogen-bond acceptors (Lipinski definition) is 6. The normalized spacial score (nSPS) is 28.8. The Labute approximate surface area is 194 Å². The second kappa shape index (κ2) is 9.43. The van der Waals surface area contributed by atoms with Gasteiger partial charge in [-0.05, 0) is 69.2 Å². The number of rotatable bonds is 6. The summed E-state index contributed by atoms with van der Waals surface area (Å²) in [6.07, 6.45) is 6.66. The molecule has 8 heteroatoms. The van der Waals surface area contributed by atoms with E-state index in [2.05, 4.69) is 17.1 Å². The van der Waals surface area contributed by atoms with E-state index in [-0.39, 0.29) is 30.2 Å². The number of nitrogens with zero attached hydrogens (tertiary/aromatic N) is 2. The van der Waals surface area contributed by atoms with Crippen LogP contribution in [0.2, 0.25) is 0 Å². The number of hydrogen-bond donors (Lipinski definition) is 1. The van der Waals surface area contributed by atoms with Gasteiger partial charge in [0, 0.05) is 44.3 Å². The molecule has 1 aliphatic carbocycles. The number of imide groups is 1. The van der Waals surface area contributed by atoms with E-state index in [0.717, 1.165) is 63.1 Å². The fourth-order valence-corrected chi connectivity index (χ4v) is 5.87. The Kier molecular flexibility index (Phi) is 6.38. The molecule has 0 radical (unpaired) electrons. The van der Waals surface area contributed by atoms with Crippen molar-refractivity contribution >= 4 is 17.7 Å². The lowest BCUT2D eigenvalue weighted by Crippen LogP contribution is -2.52. The standard InChI is InChI=1S/C25H33N3O5/c1-2-32-17-10-12-27(13-11-17)20-4-3-5-22(20)33-18-6-7-19-16(14-18)15-28(25(19)31)21-8-9-23(29)26-24(21)30/h6-7,14,17,20-22H,2-5,8-13,15H2,1H3,(H,26,29,30)/t20-,21?,22-/m0/s1. The molecule has 33 heavy (non-hydrogen) atoms. The third-order valence-electron chi connectivity index (χ3n) is 7.55. The van der Waals surface area contributed by atoms with Crippen LogP contribution in [0, 0.1) is 0 Å². The van der Waals surface area contributed by atoms with Crippen LogP contribution < -0.4 is 10.1 Å². The van der Waals surface area contributed by atoms with Crippen molar-refractivity contribution in [3.05, 3.63) is 29.3 Å². The summed E-state index contributed by atoms with van der Waals surface area (Å²) in [5, 5.41) is 2.35. The van der Waals surface area contributed by atoms with Crippen molar-refractivity contribution in [3.8, 4) is 5.75 Å². The van der Waals surface area contributed by atoms with Crippen molar-refractivity contribution in [1.29, 1.82) is 0 Å². The molecule has 5 rings (SSSR count). The number of benzene rings is 1. The molecule has 4 aliphatic rings. The molecule has 2 saturated heterocycles. The molecule has 1 aromatic rings. The molecule has 178 valence electrons. The van der Waals surface area contributed by atoms with Crippen LogP contribution in [0.25, 0.3) is 0 Å². The molecule has 8 nitrogen and oxygen atoms in total. The molecule has 0 bridgehead atoms. The molecule has 1 saturated carbocycles. The Bertz CT molecular complexity index is 927. The maximum Gasteiger partial charge on any atom is 0.255 e. The quantitative estimate of drug-likeness (QED) is 0.662. The van der Waals surface area contributed by atoms with Gasteiger partial charge in [0.1, 0.15) is 17.9 Å². The summed E-state index contributed by atoms with van der Waals surface area (Å²) in [6, 6.07) is 5.47. The lowest BCUT2D eigenvalue weighted by Gasteiger charge is -2.38. The monoisotopic (exact) mass is 455 g/mol. The van der Waals surface area contributed by atoms with E-state index in [1.165, 1.54) is 0 Å². The minimum atomic E-state index is -0.592. The van der Waals surface area contributed by atoms with Gasteiger partial charge >= 0.3 is 0 Å². The molecular formula is C25H33N3O5. The van der Waals surface area contributed by atoms with E-state index < -0.39 is 6.04 Å². The molecule has 3 amide bonds. The minimum Gasteiger partial charge on any atom is -0.489 e. The maximum atomic E-state index is 12.9. The van der Waals surface area contributed by atoms with Gasteiger partial charge in [-0.1, -0.05) is 0 Å². The number of likely N-dealkylation sites (tertiary alicyclic amines) is 1. The van der Waals surface area contributed by atoms with Gasteiger partial charge in [0.25, 0.3) is 5.91 Å². The molecule has 3 heterocycles. The van der Waals surface area contributed by atoms with Crippen LogP contribution in [0.5, 0.6) is 5.75 Å². The highest BCUT2D eigenvalue weighted by Crippen LogP contribution is 2.34. The molecule has 1 N–H and O–H groups in total. The zero-order valence-electron chi connectivity index (χ0n) is 19.3. The average Bonchev–Trinajstić information content (AvgIpc) is 3.39. The molecule has 1 unspecified atom stereocenters. The maximum absolute atomic E-state index is 12.9. The summed E-state index contributed by atoms with van der Waals surface area (Å²) in [6.45, 7) is 5.31. The van der Waals surface area contributed by atoms with Gasteiger partial charge in [-0.3, -0.25) is 24.6 Å². The highest BCUT2D eigenvalue weighted by atomic mass is 16.5. The van der Waals surface area contributed by atoms with E-state index in [0.29, 0.717) is 30.7 Å². The molecule has 3 aliphatic heterocycles. The van der Waals surface area contributed by atoms with Crippen LogP contribution >= 0.6 is 0 Å². The van der Waals surface area contributed by atoms with E-state index in [1.807, 2.05) is 18.2 Å². The summed E-state index contributed by atoms with van der Waals surface area (Å²) in [5.74, 6) is -0.0233. The lowest BCUT2D eigenvalue weighted by molar-refractivity contribution is -0.136. The summed E-state index contributed by atoms with van der Waals surface area (Å²) < 4.78 is 12.3. The Morgan fingerprint density at radius 2 is 1.88 bits per heavy atom. The number of amides is 3. The van der Waals surface area contributed by atoms with Gasteiger partial charge in [-0.2, -0.15) is 0 Å². The van der Waals surface area contributed by atoms with Crippen LogP contribution in [0.15, 0.2) is 18.2 Å². The van der Waals surface area contributed by atoms with Gasteiger partial charge in [-0.15, -0.1) is 0 Å². The van der Waals surface area contributed by atoms with Gasteiger partial charge in [0.2, 0.25) is 11.8 Å². The van der Waals surface area contributed by atoms with Gasteiger partial charge in [-0.25, -0.2) is 0 Å². The summed E-state index contributed by atoms with van der Waals surface area (Å²) >= 11 is 0. The zero-order valence-corrected chi connectivity index (χ0v) is 19.3. The minimum absolute atomic E-state index is 0.148. The molecule has 0 spiro atoms. The molecular weight excluding hydrogens is 422 g/mol. The van der Waals surface area contributed by atoms with E-state index >= 15 is 0 Å². The Balaban J connectivity index is 1.23. The fraction of sp³-hybridized carbons (Fsp3) is 0.640. The highest BCUT2D eigenvalue weighted by Gasteiger charge is 2.40. The second-order valence-electron chi connectivity index (χ2n) is 9.56. The van der Waals surface area contributed by atoms with Crippen LogP contribution in [-0.4, -0.2) is 71.5 Å². The van der Waals surface area contributed by atoms with Gasteiger partial charge in [0.15, 0.2) is 0 Å². The number of carbonyl (C=O) groups excluding carboxylic acids is 3. The first kappa shape index (κ1) is 22.3. The molecule has 0 aromatic heterocycles. The first-order valence-electron chi connectivity index (χ1n) is 12.3. The van der Waals surface area contributed by atoms with Crippen molar-refractivity contribution in [2.75, 3.05) is 19.7 Å². The number of fused-ring (bicyclic) bond motifs is 1. The fourth-order valence-electron chi connectivity index (χ4n) is 5.87. The zero-order chi connectivity index (χ0) is 22.9. The number of ether oxygens (including phenoxy) is 2. The Morgan fingerprint density at radius 1 is 1.06 bits per heavy atom. The number of piperidine rings is 2. The van der Waals surface area contributed by atoms with Crippen molar-refractivity contribution < 1.29 is 23.9 Å². The van der Waals surface area contributed by atoms with Gasteiger partial charge in [0.05, 0.1) is 6.10 Å². The molecule has 1 aromatic carbocycles. The van der Waals surface area contributed by atoms with Crippen LogP contribution in [0.3, 0.4) is 0 Å². The third-order valence-corrected chi connectivity index (χ3v) is 7.55. The van der Waals surface area contributed by atoms with Crippen molar-refractivity contribution in [2.45, 2.75) is 82.7 Å². The van der Waals surface area contributed by atoms with Crippen LogP contribution in [0.1, 0.15) is 67.8 Å². The van der Waals surface area contributed by atoms with Crippen molar-refractivity contribution in [3.63, 3.8) is 0 Å². The van der Waals surface area contributed by atoms with E-state index in [9.17, 15) is 14.4 Å². The Morgan fingerprint density at radius 3 is 2.64 bits per heavy atom. The van der Waals surface area contributed by atoms with Gasteiger partial charge < -0.3 is 14.4 Å². The van der Waals surface area contributed by atoms with Crippen LogP contribution in [0.4, 0.5) is 0 Å². The SMILES string of the molecule is CCOC1CCN([C@H]2CCC[C@@H]2Oc2ccc3c(c2)CN(C2CCC(=O)NC2=O)C3=O)CC1. The molecule has 3 fully saturated rings. The smallest absolute Gasteiger partial charge is 0.255 e. The Hall–Kier alpha value is -2.45. The summed E-state index contributed by atoms with van der Waals surface area (Å²) in [5.41, 5.74) is 1.50.